The molecule has 0 unspecified atom stereocenters. The molecule has 5 heteroatoms. The van der Waals surface area contributed by atoms with Gasteiger partial charge in [0.1, 0.15) is 11.5 Å². The van der Waals surface area contributed by atoms with Crippen LogP contribution in [0.1, 0.15) is 29.3 Å². The number of phenols is 1. The van der Waals surface area contributed by atoms with E-state index >= 15 is 0 Å². The highest BCUT2D eigenvalue weighted by Gasteiger charge is 2.03. The molecule has 2 rings (SSSR count). The summed E-state index contributed by atoms with van der Waals surface area (Å²) in [6, 6.07) is 13.4. The van der Waals surface area contributed by atoms with Gasteiger partial charge < -0.3 is 9.84 Å². The SMILES string of the molecule is CCCOc1ccc(/C=N\NC(=O)c2ccc(O)cc2)cc1. The number of hydrazone groups is 1. The van der Waals surface area contributed by atoms with E-state index in [2.05, 4.69) is 17.5 Å². The maximum atomic E-state index is 11.8. The Morgan fingerprint density at radius 1 is 1.18 bits per heavy atom. The summed E-state index contributed by atoms with van der Waals surface area (Å²) >= 11 is 0. The zero-order valence-electron chi connectivity index (χ0n) is 12.3. The highest BCUT2D eigenvalue weighted by Crippen LogP contribution is 2.11. The van der Waals surface area contributed by atoms with Crippen molar-refractivity contribution in [3.8, 4) is 11.5 Å². The fourth-order valence-corrected chi connectivity index (χ4v) is 1.71. The van der Waals surface area contributed by atoms with Crippen LogP contribution in [-0.2, 0) is 0 Å². The first-order valence-corrected chi connectivity index (χ1v) is 7.04. The van der Waals surface area contributed by atoms with E-state index in [1.807, 2.05) is 24.3 Å². The summed E-state index contributed by atoms with van der Waals surface area (Å²) in [5.41, 5.74) is 3.72. The number of carbonyl (C=O) groups excluding carboxylic acids is 1. The quantitative estimate of drug-likeness (QED) is 0.636. The number of benzene rings is 2. The maximum Gasteiger partial charge on any atom is 0.271 e. The van der Waals surface area contributed by atoms with Gasteiger partial charge in [-0.1, -0.05) is 6.92 Å². The zero-order chi connectivity index (χ0) is 15.8. The Hall–Kier alpha value is -2.82. The van der Waals surface area contributed by atoms with Crippen molar-refractivity contribution in [2.24, 2.45) is 5.10 Å². The maximum absolute atomic E-state index is 11.8. The molecule has 0 aromatic heterocycles. The van der Waals surface area contributed by atoms with E-state index in [0.717, 1.165) is 17.7 Å². The Balaban J connectivity index is 1.89. The summed E-state index contributed by atoms with van der Waals surface area (Å²) in [5.74, 6) is 0.594. The number of ether oxygens (including phenoxy) is 1. The third kappa shape index (κ3) is 4.63. The van der Waals surface area contributed by atoms with Gasteiger partial charge in [-0.2, -0.15) is 5.10 Å². The van der Waals surface area contributed by atoms with Crippen LogP contribution < -0.4 is 10.2 Å². The molecular formula is C17H18N2O3. The molecule has 2 aromatic rings. The lowest BCUT2D eigenvalue weighted by molar-refractivity contribution is 0.0955. The molecule has 0 heterocycles. The molecule has 0 bridgehead atoms. The average Bonchev–Trinajstić information content (AvgIpc) is 2.54. The number of rotatable bonds is 6. The third-order valence-corrected chi connectivity index (χ3v) is 2.86. The summed E-state index contributed by atoms with van der Waals surface area (Å²) in [5, 5.41) is 13.1. The Bertz CT molecular complexity index is 634. The third-order valence-electron chi connectivity index (χ3n) is 2.86. The van der Waals surface area contributed by atoms with Crippen molar-refractivity contribution in [1.29, 1.82) is 0 Å². The second-order valence-electron chi connectivity index (χ2n) is 4.66. The van der Waals surface area contributed by atoms with Crippen LogP contribution in [0.4, 0.5) is 0 Å². The first-order chi connectivity index (χ1) is 10.7. The lowest BCUT2D eigenvalue weighted by Gasteiger charge is -2.04. The summed E-state index contributed by atoms with van der Waals surface area (Å²) in [4.78, 5) is 11.8. The van der Waals surface area contributed by atoms with Gasteiger partial charge in [-0.15, -0.1) is 0 Å². The molecule has 0 atom stereocenters. The number of nitrogens with one attached hydrogen (secondary N) is 1. The Morgan fingerprint density at radius 3 is 2.50 bits per heavy atom. The minimum Gasteiger partial charge on any atom is -0.508 e. The molecule has 2 aromatic carbocycles. The van der Waals surface area contributed by atoms with Crippen LogP contribution in [0.3, 0.4) is 0 Å². The predicted octanol–water partition coefficient (Wildman–Crippen LogP) is 2.94. The van der Waals surface area contributed by atoms with E-state index in [9.17, 15) is 4.79 Å². The smallest absolute Gasteiger partial charge is 0.271 e. The molecule has 0 radical (unpaired) electrons. The topological polar surface area (TPSA) is 70.9 Å². The van der Waals surface area contributed by atoms with Crippen LogP contribution >= 0.6 is 0 Å². The van der Waals surface area contributed by atoms with Crippen LogP contribution in [0, 0.1) is 0 Å². The molecular weight excluding hydrogens is 280 g/mol. The highest BCUT2D eigenvalue weighted by atomic mass is 16.5. The second kappa shape index (κ2) is 7.83. The van der Waals surface area contributed by atoms with Crippen molar-refractivity contribution in [2.45, 2.75) is 13.3 Å². The fraction of sp³-hybridized carbons (Fsp3) is 0.176. The lowest BCUT2D eigenvalue weighted by atomic mass is 10.2. The van der Waals surface area contributed by atoms with E-state index in [0.29, 0.717) is 12.2 Å². The molecule has 5 nitrogen and oxygen atoms in total. The van der Waals surface area contributed by atoms with E-state index < -0.39 is 0 Å². The van der Waals surface area contributed by atoms with Gasteiger partial charge in [0.15, 0.2) is 0 Å². The number of nitrogens with zero attached hydrogens (tertiary/aromatic N) is 1. The summed E-state index contributed by atoms with van der Waals surface area (Å²) in [6.07, 6.45) is 2.52. The van der Waals surface area contributed by atoms with E-state index in [1.165, 1.54) is 24.3 Å². The molecule has 0 aliphatic rings. The number of amides is 1. The van der Waals surface area contributed by atoms with Crippen LogP contribution in [0.25, 0.3) is 0 Å². The van der Waals surface area contributed by atoms with Crippen molar-refractivity contribution >= 4 is 12.1 Å². The Morgan fingerprint density at radius 2 is 1.86 bits per heavy atom. The van der Waals surface area contributed by atoms with Gasteiger partial charge in [-0.25, -0.2) is 5.43 Å². The molecule has 22 heavy (non-hydrogen) atoms. The summed E-state index contributed by atoms with van der Waals surface area (Å²) in [7, 11) is 0. The normalized spacial score (nSPS) is 10.6. The molecule has 114 valence electrons. The minimum absolute atomic E-state index is 0.116. The number of carbonyl (C=O) groups is 1. The van der Waals surface area contributed by atoms with Gasteiger partial charge >= 0.3 is 0 Å². The van der Waals surface area contributed by atoms with Gasteiger partial charge in [0, 0.05) is 5.56 Å². The second-order valence-corrected chi connectivity index (χ2v) is 4.66. The van der Waals surface area contributed by atoms with Crippen LogP contribution in [0.2, 0.25) is 0 Å². The van der Waals surface area contributed by atoms with Crippen molar-refractivity contribution < 1.29 is 14.6 Å². The standard InChI is InChI=1S/C17H18N2O3/c1-2-11-22-16-9-3-13(4-10-16)12-18-19-17(21)14-5-7-15(20)8-6-14/h3-10,12,20H,2,11H2,1H3,(H,19,21)/b18-12-. The van der Waals surface area contributed by atoms with Gasteiger partial charge in [0.05, 0.1) is 12.8 Å². The van der Waals surface area contributed by atoms with Crippen LogP contribution in [0.5, 0.6) is 11.5 Å². The molecule has 0 aliphatic heterocycles. The first kappa shape index (κ1) is 15.6. The van der Waals surface area contributed by atoms with E-state index in [4.69, 9.17) is 9.84 Å². The highest BCUT2D eigenvalue weighted by molar-refractivity contribution is 5.94. The lowest BCUT2D eigenvalue weighted by Crippen LogP contribution is -2.17. The molecule has 2 N–H and O–H groups in total. The molecule has 0 aliphatic carbocycles. The summed E-state index contributed by atoms with van der Waals surface area (Å²) < 4.78 is 5.49. The average molecular weight is 298 g/mol. The van der Waals surface area contributed by atoms with E-state index in [-0.39, 0.29) is 11.7 Å². The molecule has 0 saturated heterocycles. The van der Waals surface area contributed by atoms with Gasteiger partial charge in [0.2, 0.25) is 0 Å². The van der Waals surface area contributed by atoms with Crippen LogP contribution in [-0.4, -0.2) is 23.8 Å². The Kier molecular flexibility index (Phi) is 5.54. The predicted molar refractivity (Wildman–Crippen MR) is 85.4 cm³/mol. The van der Waals surface area contributed by atoms with Crippen LogP contribution in [0.15, 0.2) is 53.6 Å². The molecule has 0 fully saturated rings. The minimum atomic E-state index is -0.334. The number of aromatic hydroxyl groups is 1. The van der Waals surface area contributed by atoms with Crippen molar-refractivity contribution in [3.05, 3.63) is 59.7 Å². The zero-order valence-corrected chi connectivity index (χ0v) is 12.3. The largest absolute Gasteiger partial charge is 0.508 e. The fourth-order valence-electron chi connectivity index (χ4n) is 1.71. The first-order valence-electron chi connectivity index (χ1n) is 7.04. The number of phenolic OH excluding ortho intramolecular Hbond substituents is 1. The van der Waals surface area contributed by atoms with E-state index in [1.54, 1.807) is 6.21 Å². The molecule has 0 saturated carbocycles. The Labute approximate surface area is 129 Å². The number of hydrogen-bond donors (Lipinski definition) is 2. The monoisotopic (exact) mass is 298 g/mol. The van der Waals surface area contributed by atoms with Gasteiger partial charge in [-0.3, -0.25) is 4.79 Å². The van der Waals surface area contributed by atoms with Crippen molar-refractivity contribution in [1.82, 2.24) is 5.43 Å². The number of hydrogen-bond acceptors (Lipinski definition) is 4. The molecule has 0 spiro atoms. The van der Waals surface area contributed by atoms with Crippen molar-refractivity contribution in [3.63, 3.8) is 0 Å². The van der Waals surface area contributed by atoms with Gasteiger partial charge in [-0.05, 0) is 60.5 Å². The molecule has 1 amide bonds. The van der Waals surface area contributed by atoms with Gasteiger partial charge in [0.25, 0.3) is 5.91 Å². The van der Waals surface area contributed by atoms with Crippen molar-refractivity contribution in [2.75, 3.05) is 6.61 Å². The summed E-state index contributed by atoms with van der Waals surface area (Å²) in [6.45, 7) is 2.74.